The van der Waals surface area contributed by atoms with E-state index in [0.29, 0.717) is 0 Å². The number of rotatable bonds is 2. The second kappa shape index (κ2) is 3.58. The van der Waals surface area contributed by atoms with Gasteiger partial charge in [0.2, 0.25) is 0 Å². The zero-order valence-electron chi connectivity index (χ0n) is 8.35. The average molecular weight is 186 g/mol. The molecule has 14 heavy (non-hydrogen) atoms. The van der Waals surface area contributed by atoms with Crippen LogP contribution >= 0.6 is 0 Å². The molecule has 2 rings (SSSR count). The van der Waals surface area contributed by atoms with Gasteiger partial charge in [0.15, 0.2) is 0 Å². The Labute approximate surface area is 84.8 Å². The Bertz CT molecular complexity index is 351. The van der Waals surface area contributed by atoms with Crippen molar-refractivity contribution in [2.45, 2.75) is 6.92 Å². The van der Waals surface area contributed by atoms with Crippen LogP contribution in [0.5, 0.6) is 0 Å². The minimum Gasteiger partial charge on any atom is -0.335 e. The molecule has 1 aliphatic heterocycles. The van der Waals surface area contributed by atoms with Crippen LogP contribution in [0.3, 0.4) is 0 Å². The van der Waals surface area contributed by atoms with E-state index in [1.807, 2.05) is 17.3 Å². The summed E-state index contributed by atoms with van der Waals surface area (Å²) in [4.78, 5) is 4.22. The molecule has 0 fully saturated rings. The van der Waals surface area contributed by atoms with Gasteiger partial charge in [-0.3, -0.25) is 0 Å². The van der Waals surface area contributed by atoms with E-state index in [1.54, 1.807) is 0 Å². The topological polar surface area (TPSA) is 6.48 Å². The van der Waals surface area contributed by atoms with E-state index in [4.69, 9.17) is 0 Å². The highest BCUT2D eigenvalue weighted by molar-refractivity contribution is 5.51. The average Bonchev–Trinajstić information content (AvgIpc) is 2.67. The molecule has 72 valence electrons. The third-order valence-electron chi connectivity index (χ3n) is 2.35. The fourth-order valence-corrected chi connectivity index (χ4v) is 1.46. The highest BCUT2D eigenvalue weighted by Crippen LogP contribution is 2.19. The first-order chi connectivity index (χ1) is 6.79. The molecule has 0 radical (unpaired) electrons. The minimum absolute atomic E-state index is 0.854. The summed E-state index contributed by atoms with van der Waals surface area (Å²) in [6.07, 6.45) is 5.91. The van der Waals surface area contributed by atoms with Gasteiger partial charge in [-0.2, -0.15) is 0 Å². The molecular formula is C12H14N2. The lowest BCUT2D eigenvalue weighted by atomic mass is 10.2. The Balaban J connectivity index is 2.14. The van der Waals surface area contributed by atoms with E-state index in [1.165, 1.54) is 11.3 Å². The molecule has 0 spiro atoms. The molecule has 1 aliphatic rings. The normalized spacial score (nSPS) is 14.9. The standard InChI is InChI=1S/C12H14N2/c1-3-13-8-9-14(10-13)12-6-4-11(2)5-7-12/h3-9H,1,10H2,2H3. The molecule has 2 nitrogen and oxygen atoms in total. The van der Waals surface area contributed by atoms with E-state index < -0.39 is 0 Å². The highest BCUT2D eigenvalue weighted by Gasteiger charge is 2.10. The Hall–Kier alpha value is -1.70. The van der Waals surface area contributed by atoms with Gasteiger partial charge < -0.3 is 9.80 Å². The molecule has 2 heteroatoms. The second-order valence-corrected chi connectivity index (χ2v) is 3.44. The van der Waals surface area contributed by atoms with Gasteiger partial charge in [-0.25, -0.2) is 0 Å². The summed E-state index contributed by atoms with van der Waals surface area (Å²) in [5.74, 6) is 0. The summed E-state index contributed by atoms with van der Waals surface area (Å²) >= 11 is 0. The predicted octanol–water partition coefficient (Wildman–Crippen LogP) is 2.69. The number of benzene rings is 1. The lowest BCUT2D eigenvalue weighted by molar-refractivity contribution is 0.550. The summed E-state index contributed by atoms with van der Waals surface area (Å²) in [6.45, 7) is 6.68. The monoisotopic (exact) mass is 186 g/mol. The zero-order valence-corrected chi connectivity index (χ0v) is 8.35. The molecule has 0 saturated carbocycles. The summed E-state index contributed by atoms with van der Waals surface area (Å²) in [7, 11) is 0. The number of anilines is 1. The van der Waals surface area contributed by atoms with Crippen LogP contribution in [-0.2, 0) is 0 Å². The first-order valence-electron chi connectivity index (χ1n) is 4.69. The van der Waals surface area contributed by atoms with E-state index >= 15 is 0 Å². The van der Waals surface area contributed by atoms with Crippen LogP contribution in [0, 0.1) is 6.92 Å². The van der Waals surface area contributed by atoms with Gasteiger partial charge in [0.05, 0.1) is 6.67 Å². The Morgan fingerprint density at radius 3 is 2.50 bits per heavy atom. The third kappa shape index (κ3) is 1.64. The summed E-state index contributed by atoms with van der Waals surface area (Å²) in [5, 5.41) is 0. The zero-order chi connectivity index (χ0) is 9.97. The molecular weight excluding hydrogens is 172 g/mol. The van der Waals surface area contributed by atoms with Crippen LogP contribution in [0.2, 0.25) is 0 Å². The molecule has 0 unspecified atom stereocenters. The van der Waals surface area contributed by atoms with Crippen molar-refractivity contribution < 1.29 is 0 Å². The van der Waals surface area contributed by atoms with Crippen LogP contribution in [0.4, 0.5) is 5.69 Å². The van der Waals surface area contributed by atoms with E-state index in [-0.39, 0.29) is 0 Å². The van der Waals surface area contributed by atoms with Crippen molar-refractivity contribution in [3.8, 4) is 0 Å². The van der Waals surface area contributed by atoms with Crippen LogP contribution in [-0.4, -0.2) is 11.6 Å². The van der Waals surface area contributed by atoms with Gasteiger partial charge in [0, 0.05) is 18.1 Å². The lowest BCUT2D eigenvalue weighted by Gasteiger charge is -2.18. The van der Waals surface area contributed by atoms with Crippen molar-refractivity contribution in [1.29, 1.82) is 0 Å². The Morgan fingerprint density at radius 1 is 1.21 bits per heavy atom. The molecule has 0 aliphatic carbocycles. The first-order valence-corrected chi connectivity index (χ1v) is 4.69. The molecule has 1 aromatic rings. The van der Waals surface area contributed by atoms with Gasteiger partial charge in [-0.05, 0) is 25.3 Å². The van der Waals surface area contributed by atoms with Crippen LogP contribution in [0.1, 0.15) is 5.56 Å². The number of hydrogen-bond acceptors (Lipinski definition) is 2. The van der Waals surface area contributed by atoms with Gasteiger partial charge in [0.1, 0.15) is 0 Å². The number of hydrogen-bond donors (Lipinski definition) is 0. The lowest BCUT2D eigenvalue weighted by Crippen LogP contribution is -2.20. The van der Waals surface area contributed by atoms with Crippen molar-refractivity contribution in [3.63, 3.8) is 0 Å². The van der Waals surface area contributed by atoms with Crippen molar-refractivity contribution >= 4 is 5.69 Å². The van der Waals surface area contributed by atoms with Gasteiger partial charge >= 0.3 is 0 Å². The van der Waals surface area contributed by atoms with Gasteiger partial charge in [-0.15, -0.1) is 0 Å². The fraction of sp³-hybridized carbons (Fsp3) is 0.167. The fourth-order valence-electron chi connectivity index (χ4n) is 1.46. The Kier molecular flexibility index (Phi) is 2.27. The minimum atomic E-state index is 0.854. The maximum absolute atomic E-state index is 3.73. The van der Waals surface area contributed by atoms with Gasteiger partial charge in [0.25, 0.3) is 0 Å². The Morgan fingerprint density at radius 2 is 1.93 bits per heavy atom. The van der Waals surface area contributed by atoms with E-state index in [9.17, 15) is 0 Å². The molecule has 0 N–H and O–H groups in total. The quantitative estimate of drug-likeness (QED) is 0.700. The third-order valence-corrected chi connectivity index (χ3v) is 2.35. The summed E-state index contributed by atoms with van der Waals surface area (Å²) < 4.78 is 0. The molecule has 1 heterocycles. The predicted molar refractivity (Wildman–Crippen MR) is 59.7 cm³/mol. The van der Waals surface area contributed by atoms with Gasteiger partial charge in [-0.1, -0.05) is 24.3 Å². The second-order valence-electron chi connectivity index (χ2n) is 3.44. The maximum atomic E-state index is 3.73. The maximum Gasteiger partial charge on any atom is 0.0983 e. The smallest absolute Gasteiger partial charge is 0.0983 e. The van der Waals surface area contributed by atoms with E-state index in [0.717, 1.165) is 6.67 Å². The van der Waals surface area contributed by atoms with E-state index in [2.05, 4.69) is 48.9 Å². The molecule has 0 amide bonds. The number of nitrogens with zero attached hydrogens (tertiary/aromatic N) is 2. The molecule has 0 saturated heterocycles. The first kappa shape index (κ1) is 8.88. The largest absolute Gasteiger partial charge is 0.335 e. The van der Waals surface area contributed by atoms with Crippen molar-refractivity contribution in [2.24, 2.45) is 0 Å². The molecule has 1 aromatic carbocycles. The number of aryl methyl sites for hydroxylation is 1. The van der Waals surface area contributed by atoms with Crippen LogP contribution < -0.4 is 4.90 Å². The van der Waals surface area contributed by atoms with Crippen LogP contribution in [0.15, 0.2) is 49.4 Å². The molecule has 0 atom stereocenters. The summed E-state index contributed by atoms with van der Waals surface area (Å²) in [5.41, 5.74) is 2.51. The van der Waals surface area contributed by atoms with Crippen LogP contribution in [0.25, 0.3) is 0 Å². The van der Waals surface area contributed by atoms with Crippen molar-refractivity contribution in [2.75, 3.05) is 11.6 Å². The SMILES string of the molecule is C=CN1C=CN(c2ccc(C)cc2)C1. The van der Waals surface area contributed by atoms with Crippen molar-refractivity contribution in [1.82, 2.24) is 4.90 Å². The molecule has 0 bridgehead atoms. The summed E-state index contributed by atoms with van der Waals surface area (Å²) in [6, 6.07) is 8.51. The molecule has 0 aromatic heterocycles. The van der Waals surface area contributed by atoms with Crippen molar-refractivity contribution in [3.05, 3.63) is 55.0 Å². The highest BCUT2D eigenvalue weighted by atomic mass is 15.3.